The van der Waals surface area contributed by atoms with Gasteiger partial charge in [-0.15, -0.1) is 0 Å². The number of nitrogens with zero attached hydrogens (tertiary/aromatic N) is 4. The van der Waals surface area contributed by atoms with Gasteiger partial charge in [0.1, 0.15) is 6.17 Å². The van der Waals surface area contributed by atoms with Crippen LogP contribution in [0.2, 0.25) is 5.02 Å². The lowest BCUT2D eigenvalue weighted by molar-refractivity contribution is 0.220. The first-order valence-electron chi connectivity index (χ1n) is 8.38. The van der Waals surface area contributed by atoms with Crippen LogP contribution in [0, 0.1) is 0 Å². The number of amidine groups is 1. The summed E-state index contributed by atoms with van der Waals surface area (Å²) >= 11 is 5.99. The standard InChI is InChI=1S/C18H25ClN4/c1-4-10-23-13-22(11-14-6-8-15(19)9-7-14)12-16-18(23)20-17(5-2)21(16)3/h6-9,12,17H,4-5,10-11,13H2,1-3H3. The highest BCUT2D eigenvalue weighted by atomic mass is 35.5. The zero-order valence-electron chi connectivity index (χ0n) is 14.2. The number of hydrogen-bond acceptors (Lipinski definition) is 4. The van der Waals surface area contributed by atoms with Gasteiger partial charge in [0, 0.05) is 31.4 Å². The Hall–Kier alpha value is -1.68. The minimum absolute atomic E-state index is 0.270. The molecule has 1 aromatic rings. The van der Waals surface area contributed by atoms with Crippen LogP contribution in [0.3, 0.4) is 0 Å². The normalized spacial score (nSPS) is 20.5. The van der Waals surface area contributed by atoms with E-state index in [0.29, 0.717) is 0 Å². The van der Waals surface area contributed by atoms with Gasteiger partial charge in [-0.1, -0.05) is 37.6 Å². The summed E-state index contributed by atoms with van der Waals surface area (Å²) in [7, 11) is 2.15. The fraction of sp³-hybridized carbons (Fsp3) is 0.500. The molecule has 0 spiro atoms. The molecule has 0 aliphatic carbocycles. The fourth-order valence-corrected chi connectivity index (χ4v) is 3.36. The number of aliphatic imine (C=N–C) groups is 1. The Kier molecular flexibility index (Phi) is 4.81. The predicted molar refractivity (Wildman–Crippen MR) is 96.2 cm³/mol. The number of hydrogen-bond donors (Lipinski definition) is 0. The van der Waals surface area contributed by atoms with Crippen molar-refractivity contribution in [2.45, 2.75) is 39.4 Å². The highest BCUT2D eigenvalue weighted by molar-refractivity contribution is 6.30. The summed E-state index contributed by atoms with van der Waals surface area (Å²) in [5, 5.41) is 0.786. The van der Waals surface area contributed by atoms with Crippen molar-refractivity contribution in [3.8, 4) is 0 Å². The van der Waals surface area contributed by atoms with E-state index in [1.54, 1.807) is 0 Å². The van der Waals surface area contributed by atoms with Crippen LogP contribution in [0.25, 0.3) is 0 Å². The van der Waals surface area contributed by atoms with Gasteiger partial charge in [0.15, 0.2) is 5.84 Å². The first-order chi connectivity index (χ1) is 11.1. The average molecular weight is 333 g/mol. The van der Waals surface area contributed by atoms with Gasteiger partial charge in [0.25, 0.3) is 0 Å². The first kappa shape index (κ1) is 16.2. The first-order valence-corrected chi connectivity index (χ1v) is 8.76. The van der Waals surface area contributed by atoms with Crippen LogP contribution in [0.1, 0.15) is 32.3 Å². The molecule has 0 saturated heterocycles. The second-order valence-corrected chi connectivity index (χ2v) is 6.68. The van der Waals surface area contributed by atoms with Crippen molar-refractivity contribution in [3.63, 3.8) is 0 Å². The van der Waals surface area contributed by atoms with Gasteiger partial charge in [-0.05, 0) is 30.5 Å². The van der Waals surface area contributed by atoms with E-state index in [0.717, 1.165) is 43.5 Å². The Labute approximate surface area is 144 Å². The van der Waals surface area contributed by atoms with Gasteiger partial charge in [0.2, 0.25) is 0 Å². The third-order valence-electron chi connectivity index (χ3n) is 4.44. The Morgan fingerprint density at radius 1 is 1.22 bits per heavy atom. The van der Waals surface area contributed by atoms with Crippen molar-refractivity contribution in [3.05, 3.63) is 46.7 Å². The summed E-state index contributed by atoms with van der Waals surface area (Å²) in [4.78, 5) is 12.0. The van der Waals surface area contributed by atoms with E-state index in [9.17, 15) is 0 Å². The van der Waals surface area contributed by atoms with E-state index in [1.165, 1.54) is 11.3 Å². The fourth-order valence-electron chi connectivity index (χ4n) is 3.24. The number of fused-ring (bicyclic) bond motifs is 1. The monoisotopic (exact) mass is 332 g/mol. The highest BCUT2D eigenvalue weighted by Crippen LogP contribution is 2.27. The molecular weight excluding hydrogens is 308 g/mol. The lowest BCUT2D eigenvalue weighted by atomic mass is 10.2. The maximum Gasteiger partial charge on any atom is 0.152 e. The number of rotatable bonds is 5. The van der Waals surface area contributed by atoms with Crippen LogP contribution in [0.4, 0.5) is 0 Å². The molecule has 2 aliphatic rings. The van der Waals surface area contributed by atoms with Crippen LogP contribution >= 0.6 is 11.6 Å². The maximum absolute atomic E-state index is 5.99. The lowest BCUT2D eigenvalue weighted by Crippen LogP contribution is -2.45. The van der Waals surface area contributed by atoms with Crippen LogP contribution in [-0.4, -0.2) is 47.0 Å². The van der Waals surface area contributed by atoms with Crippen molar-refractivity contribution in [1.82, 2.24) is 14.7 Å². The van der Waals surface area contributed by atoms with E-state index in [4.69, 9.17) is 16.6 Å². The van der Waals surface area contributed by atoms with Crippen LogP contribution in [-0.2, 0) is 6.54 Å². The largest absolute Gasteiger partial charge is 0.354 e. The highest BCUT2D eigenvalue weighted by Gasteiger charge is 2.33. The molecule has 4 nitrogen and oxygen atoms in total. The zero-order chi connectivity index (χ0) is 16.4. The van der Waals surface area contributed by atoms with Crippen molar-refractivity contribution in [2.75, 3.05) is 20.3 Å². The van der Waals surface area contributed by atoms with E-state index in [1.807, 2.05) is 12.1 Å². The molecule has 1 atom stereocenters. The molecule has 2 aliphatic heterocycles. The van der Waals surface area contributed by atoms with Crippen LogP contribution in [0.15, 0.2) is 41.2 Å². The van der Waals surface area contributed by atoms with Gasteiger partial charge in [0.05, 0.1) is 12.4 Å². The minimum atomic E-state index is 0.270. The molecule has 0 saturated carbocycles. The summed E-state index contributed by atoms with van der Waals surface area (Å²) in [6.07, 6.45) is 4.69. The molecule has 0 N–H and O–H groups in total. The van der Waals surface area contributed by atoms with Gasteiger partial charge in [-0.3, -0.25) is 0 Å². The van der Waals surface area contributed by atoms with Crippen molar-refractivity contribution >= 4 is 17.4 Å². The smallest absolute Gasteiger partial charge is 0.152 e. The molecular formula is C18H25ClN4. The second kappa shape index (κ2) is 6.83. The molecule has 1 aromatic carbocycles. The summed E-state index contributed by atoms with van der Waals surface area (Å²) in [5.41, 5.74) is 2.52. The molecule has 5 heteroatoms. The molecule has 2 heterocycles. The summed E-state index contributed by atoms with van der Waals surface area (Å²) in [5.74, 6) is 1.16. The minimum Gasteiger partial charge on any atom is -0.354 e. The molecule has 0 aromatic heterocycles. The molecule has 3 rings (SSSR count). The molecule has 0 amide bonds. The zero-order valence-corrected chi connectivity index (χ0v) is 14.9. The maximum atomic E-state index is 5.99. The Bertz CT molecular complexity index is 608. The van der Waals surface area contributed by atoms with Gasteiger partial charge in [-0.25, -0.2) is 4.99 Å². The molecule has 1 unspecified atom stereocenters. The molecule has 0 radical (unpaired) electrons. The van der Waals surface area contributed by atoms with Crippen LogP contribution in [0.5, 0.6) is 0 Å². The number of likely N-dealkylation sites (N-methyl/N-ethyl adjacent to an activating group) is 1. The third-order valence-corrected chi connectivity index (χ3v) is 4.69. The SMILES string of the molecule is CCCN1CN(Cc2ccc(Cl)cc2)C=C2C1=NC(CC)N2C. The Balaban J connectivity index is 1.83. The quantitative estimate of drug-likeness (QED) is 0.820. The summed E-state index contributed by atoms with van der Waals surface area (Å²) < 4.78 is 0. The van der Waals surface area contributed by atoms with Gasteiger partial charge >= 0.3 is 0 Å². The number of halogens is 1. The third kappa shape index (κ3) is 3.32. The van der Waals surface area contributed by atoms with Crippen molar-refractivity contribution < 1.29 is 0 Å². The Morgan fingerprint density at radius 3 is 2.61 bits per heavy atom. The Morgan fingerprint density at radius 2 is 1.96 bits per heavy atom. The van der Waals surface area contributed by atoms with Gasteiger partial charge < -0.3 is 14.7 Å². The van der Waals surface area contributed by atoms with Crippen molar-refractivity contribution in [1.29, 1.82) is 0 Å². The molecule has 0 bridgehead atoms. The lowest BCUT2D eigenvalue weighted by Gasteiger charge is -2.37. The molecule has 23 heavy (non-hydrogen) atoms. The summed E-state index contributed by atoms with van der Waals surface area (Å²) in [6.45, 7) is 7.23. The van der Waals surface area contributed by atoms with E-state index >= 15 is 0 Å². The predicted octanol–water partition coefficient (Wildman–Crippen LogP) is 3.75. The van der Waals surface area contributed by atoms with Crippen molar-refractivity contribution in [2.24, 2.45) is 4.99 Å². The van der Waals surface area contributed by atoms with E-state index < -0.39 is 0 Å². The number of benzene rings is 1. The van der Waals surface area contributed by atoms with Gasteiger partial charge in [-0.2, -0.15) is 0 Å². The van der Waals surface area contributed by atoms with E-state index in [2.05, 4.69) is 53.9 Å². The second-order valence-electron chi connectivity index (χ2n) is 6.25. The topological polar surface area (TPSA) is 22.1 Å². The molecule has 0 fully saturated rings. The average Bonchev–Trinajstić information content (AvgIpc) is 2.87. The van der Waals surface area contributed by atoms with Crippen LogP contribution < -0.4 is 0 Å². The summed E-state index contributed by atoms with van der Waals surface area (Å²) in [6, 6.07) is 8.11. The van der Waals surface area contributed by atoms with E-state index in [-0.39, 0.29) is 6.17 Å². The molecule has 124 valence electrons.